The lowest BCUT2D eigenvalue weighted by molar-refractivity contribution is -0.127. The van der Waals surface area contributed by atoms with Gasteiger partial charge in [-0.05, 0) is 36.4 Å². The molecule has 3 aromatic rings. The summed E-state index contributed by atoms with van der Waals surface area (Å²) in [5.74, 6) is 1.23. The van der Waals surface area contributed by atoms with Gasteiger partial charge in [0, 0.05) is 37.6 Å². The van der Waals surface area contributed by atoms with Crippen molar-refractivity contribution in [2.75, 3.05) is 25.0 Å². The second-order valence-electron chi connectivity index (χ2n) is 7.01. The molecule has 2 amide bonds. The molecule has 1 aromatic carbocycles. The van der Waals surface area contributed by atoms with E-state index in [0.29, 0.717) is 36.8 Å². The minimum atomic E-state index is -0.229. The van der Waals surface area contributed by atoms with Gasteiger partial charge in [-0.3, -0.25) is 9.59 Å². The molecule has 0 bridgehead atoms. The van der Waals surface area contributed by atoms with Crippen LogP contribution in [-0.4, -0.2) is 46.3 Å². The van der Waals surface area contributed by atoms with Gasteiger partial charge in [0.25, 0.3) is 5.91 Å². The number of fused-ring (bicyclic) bond motifs is 1. The van der Waals surface area contributed by atoms with Gasteiger partial charge in [0.05, 0.1) is 0 Å². The van der Waals surface area contributed by atoms with Gasteiger partial charge >= 0.3 is 0 Å². The highest BCUT2D eigenvalue weighted by Gasteiger charge is 2.19. The summed E-state index contributed by atoms with van der Waals surface area (Å²) in [5, 5.41) is 8.15. The zero-order chi connectivity index (χ0) is 20.1. The van der Waals surface area contributed by atoms with E-state index < -0.39 is 0 Å². The Kier molecular flexibility index (Phi) is 5.65. The van der Waals surface area contributed by atoms with Crippen LogP contribution >= 0.6 is 0 Å². The fourth-order valence-corrected chi connectivity index (χ4v) is 3.47. The minimum absolute atomic E-state index is 0.207. The van der Waals surface area contributed by atoms with Gasteiger partial charge in [-0.2, -0.15) is 0 Å². The number of hydrogen-bond acceptors (Lipinski definition) is 5. The molecule has 1 aliphatic heterocycles. The molecule has 0 saturated carbocycles. The SMILES string of the molecule is O=C(NCCCN1CCCC1=O)c1cccc(Nc2nccc3ccccc23)n1. The van der Waals surface area contributed by atoms with Crippen molar-refractivity contribution in [3.63, 3.8) is 0 Å². The second kappa shape index (κ2) is 8.68. The van der Waals surface area contributed by atoms with Gasteiger partial charge < -0.3 is 15.5 Å². The average Bonchev–Trinajstić information content (AvgIpc) is 3.16. The molecule has 2 N–H and O–H groups in total. The largest absolute Gasteiger partial charge is 0.351 e. The summed E-state index contributed by atoms with van der Waals surface area (Å²) in [5.41, 5.74) is 0.340. The smallest absolute Gasteiger partial charge is 0.269 e. The Morgan fingerprint density at radius 3 is 2.86 bits per heavy atom. The van der Waals surface area contributed by atoms with Crippen LogP contribution in [0.2, 0.25) is 0 Å². The Hall–Kier alpha value is -3.48. The third-order valence-electron chi connectivity index (χ3n) is 4.96. The zero-order valence-electron chi connectivity index (χ0n) is 16.1. The third kappa shape index (κ3) is 4.51. The van der Waals surface area contributed by atoms with Crippen LogP contribution in [0.5, 0.6) is 0 Å². The highest BCUT2D eigenvalue weighted by atomic mass is 16.2. The fraction of sp³-hybridized carbons (Fsp3) is 0.273. The summed E-state index contributed by atoms with van der Waals surface area (Å²) in [6.07, 6.45) is 4.05. The number of carbonyl (C=O) groups is 2. The molecule has 0 aliphatic carbocycles. The second-order valence-corrected chi connectivity index (χ2v) is 7.01. The van der Waals surface area contributed by atoms with E-state index in [9.17, 15) is 9.59 Å². The van der Waals surface area contributed by atoms with Crippen molar-refractivity contribution in [2.24, 2.45) is 0 Å². The molecule has 0 atom stereocenters. The van der Waals surface area contributed by atoms with Crippen molar-refractivity contribution in [1.29, 1.82) is 0 Å². The van der Waals surface area contributed by atoms with Crippen molar-refractivity contribution in [1.82, 2.24) is 20.2 Å². The lowest BCUT2D eigenvalue weighted by Gasteiger charge is -2.15. The number of benzene rings is 1. The maximum atomic E-state index is 12.4. The molecule has 4 rings (SSSR count). The van der Waals surface area contributed by atoms with Crippen LogP contribution in [0.4, 0.5) is 11.6 Å². The minimum Gasteiger partial charge on any atom is -0.351 e. The van der Waals surface area contributed by atoms with Gasteiger partial charge in [0.2, 0.25) is 5.91 Å². The predicted molar refractivity (Wildman–Crippen MR) is 112 cm³/mol. The molecular formula is C22H23N5O2. The predicted octanol–water partition coefficient (Wildman–Crippen LogP) is 3.12. The monoisotopic (exact) mass is 389 g/mol. The first-order chi connectivity index (χ1) is 14.2. The number of carbonyl (C=O) groups excluding carboxylic acids is 2. The number of anilines is 2. The lowest BCUT2D eigenvalue weighted by atomic mass is 10.1. The fourth-order valence-electron chi connectivity index (χ4n) is 3.47. The van der Waals surface area contributed by atoms with E-state index in [1.807, 2.05) is 35.2 Å². The van der Waals surface area contributed by atoms with Crippen LogP contribution in [0.25, 0.3) is 10.8 Å². The molecule has 0 unspecified atom stereocenters. The molecule has 2 aromatic heterocycles. The van der Waals surface area contributed by atoms with Crippen LogP contribution in [-0.2, 0) is 4.79 Å². The van der Waals surface area contributed by atoms with E-state index in [1.165, 1.54) is 0 Å². The highest BCUT2D eigenvalue weighted by Crippen LogP contribution is 2.23. The summed E-state index contributed by atoms with van der Waals surface area (Å²) >= 11 is 0. The Balaban J connectivity index is 1.36. The summed E-state index contributed by atoms with van der Waals surface area (Å²) in [6, 6.07) is 15.2. The normalized spacial score (nSPS) is 13.7. The topological polar surface area (TPSA) is 87.2 Å². The number of aromatic nitrogens is 2. The Morgan fingerprint density at radius 2 is 2.00 bits per heavy atom. The molecule has 1 aliphatic rings. The molecule has 7 heteroatoms. The van der Waals surface area contributed by atoms with E-state index >= 15 is 0 Å². The highest BCUT2D eigenvalue weighted by molar-refractivity contribution is 5.94. The average molecular weight is 389 g/mol. The summed E-state index contributed by atoms with van der Waals surface area (Å²) in [4.78, 5) is 34.7. The van der Waals surface area contributed by atoms with Crippen LogP contribution in [0, 0.1) is 0 Å². The molecule has 1 fully saturated rings. The van der Waals surface area contributed by atoms with E-state index in [4.69, 9.17) is 0 Å². The lowest BCUT2D eigenvalue weighted by Crippen LogP contribution is -2.31. The maximum Gasteiger partial charge on any atom is 0.269 e. The number of amides is 2. The van der Waals surface area contributed by atoms with Gasteiger partial charge in [-0.1, -0.05) is 30.3 Å². The van der Waals surface area contributed by atoms with E-state index in [1.54, 1.807) is 24.4 Å². The molecule has 0 spiro atoms. The molecule has 29 heavy (non-hydrogen) atoms. The quantitative estimate of drug-likeness (QED) is 0.606. The number of hydrogen-bond donors (Lipinski definition) is 2. The van der Waals surface area contributed by atoms with Crippen molar-refractivity contribution >= 4 is 34.2 Å². The number of rotatable bonds is 7. The third-order valence-corrected chi connectivity index (χ3v) is 4.96. The summed E-state index contributed by atoms with van der Waals surface area (Å²) in [7, 11) is 0. The first kappa shape index (κ1) is 18.9. The van der Waals surface area contributed by atoms with Gasteiger partial charge in [-0.25, -0.2) is 9.97 Å². The van der Waals surface area contributed by atoms with Crippen molar-refractivity contribution in [2.45, 2.75) is 19.3 Å². The van der Waals surface area contributed by atoms with E-state index in [2.05, 4.69) is 20.6 Å². The number of likely N-dealkylation sites (tertiary alicyclic amines) is 1. The van der Waals surface area contributed by atoms with Gasteiger partial charge in [-0.15, -0.1) is 0 Å². The van der Waals surface area contributed by atoms with Crippen molar-refractivity contribution in [3.05, 3.63) is 60.4 Å². The van der Waals surface area contributed by atoms with Crippen molar-refractivity contribution < 1.29 is 9.59 Å². The van der Waals surface area contributed by atoms with Gasteiger partial charge in [0.15, 0.2) is 0 Å². The molecule has 1 saturated heterocycles. The Morgan fingerprint density at radius 1 is 1.10 bits per heavy atom. The first-order valence-electron chi connectivity index (χ1n) is 9.84. The van der Waals surface area contributed by atoms with Crippen LogP contribution in [0.1, 0.15) is 29.8 Å². The maximum absolute atomic E-state index is 12.4. The summed E-state index contributed by atoms with van der Waals surface area (Å²) in [6.45, 7) is 2.01. The van der Waals surface area contributed by atoms with Crippen LogP contribution < -0.4 is 10.6 Å². The summed E-state index contributed by atoms with van der Waals surface area (Å²) < 4.78 is 0. The van der Waals surface area contributed by atoms with Gasteiger partial charge in [0.1, 0.15) is 17.3 Å². The number of nitrogens with zero attached hydrogens (tertiary/aromatic N) is 3. The molecule has 148 valence electrons. The molecule has 3 heterocycles. The molecule has 0 radical (unpaired) electrons. The van der Waals surface area contributed by atoms with Crippen LogP contribution in [0.3, 0.4) is 0 Å². The standard InChI is InChI=1S/C22H23N5O2/c28-20-10-4-14-27(20)15-5-12-24-22(29)18-8-3-9-19(25-18)26-21-17-7-2-1-6-16(17)11-13-23-21/h1-3,6-9,11,13H,4-5,10,12,14-15H2,(H,24,29)(H,23,25,26). The van der Waals surface area contributed by atoms with E-state index in [0.717, 1.165) is 30.2 Å². The number of nitrogens with one attached hydrogen (secondary N) is 2. The van der Waals surface area contributed by atoms with Crippen molar-refractivity contribution in [3.8, 4) is 0 Å². The van der Waals surface area contributed by atoms with Crippen LogP contribution in [0.15, 0.2) is 54.7 Å². The number of pyridine rings is 2. The first-order valence-corrected chi connectivity index (χ1v) is 9.84. The zero-order valence-corrected chi connectivity index (χ0v) is 16.1. The Bertz CT molecular complexity index is 1030. The van der Waals surface area contributed by atoms with E-state index in [-0.39, 0.29) is 11.8 Å². The molecule has 7 nitrogen and oxygen atoms in total. The Labute approximate surface area is 169 Å². The molecular weight excluding hydrogens is 366 g/mol.